The van der Waals surface area contributed by atoms with Gasteiger partial charge in [0.2, 0.25) is 0 Å². The predicted octanol–water partition coefficient (Wildman–Crippen LogP) is 4.66. The minimum absolute atomic E-state index is 0.286. The van der Waals surface area contributed by atoms with Crippen LogP contribution in [0.1, 0.15) is 27.7 Å². The number of allylic oxidation sites excluding steroid dienone is 7. The SMILES string of the molecule is C=C1/C=C\C=NC(C)C(C)/C=C1/C=C(\C)C(=C)C. The summed E-state index contributed by atoms with van der Waals surface area (Å²) in [6, 6.07) is 0.286. The van der Waals surface area contributed by atoms with Crippen molar-refractivity contribution in [2.45, 2.75) is 33.7 Å². The summed E-state index contributed by atoms with van der Waals surface area (Å²) in [4.78, 5) is 4.47. The number of nitrogens with zero attached hydrogens (tertiary/aromatic N) is 1. The number of hydrogen-bond donors (Lipinski definition) is 0. The highest BCUT2D eigenvalue weighted by atomic mass is 14.8. The van der Waals surface area contributed by atoms with E-state index >= 15 is 0 Å². The molecule has 1 rings (SSSR count). The third-order valence-corrected chi connectivity index (χ3v) is 3.32. The van der Waals surface area contributed by atoms with E-state index in [1.54, 1.807) is 0 Å². The molecule has 0 aliphatic carbocycles. The molecule has 0 spiro atoms. The first-order valence-corrected chi connectivity index (χ1v) is 6.37. The van der Waals surface area contributed by atoms with Gasteiger partial charge in [0.25, 0.3) is 0 Å². The van der Waals surface area contributed by atoms with Crippen LogP contribution in [-0.4, -0.2) is 12.3 Å². The zero-order valence-corrected chi connectivity index (χ0v) is 11.9. The molecule has 1 aliphatic heterocycles. The fourth-order valence-electron chi connectivity index (χ4n) is 1.60. The standard InChI is InChI=1S/C17H23N/c1-12(2)14(4)10-17-11-15(5)16(6)18-9-7-8-13(17)3/h7-11,15-16H,1,3H2,2,4-6H3/b8-7-,14-10+,17-11-,18-9?. The van der Waals surface area contributed by atoms with E-state index in [0.717, 1.165) is 16.7 Å². The maximum Gasteiger partial charge on any atom is 0.0531 e. The van der Waals surface area contributed by atoms with Gasteiger partial charge in [0, 0.05) is 6.21 Å². The second kappa shape index (κ2) is 6.34. The van der Waals surface area contributed by atoms with Crippen LogP contribution in [0.2, 0.25) is 0 Å². The van der Waals surface area contributed by atoms with Crippen molar-refractivity contribution in [1.82, 2.24) is 0 Å². The Morgan fingerprint density at radius 1 is 1.33 bits per heavy atom. The maximum atomic E-state index is 4.47. The number of hydrogen-bond acceptors (Lipinski definition) is 1. The van der Waals surface area contributed by atoms with Crippen LogP contribution >= 0.6 is 0 Å². The minimum Gasteiger partial charge on any atom is -0.290 e. The summed E-state index contributed by atoms with van der Waals surface area (Å²) in [7, 11) is 0. The first kappa shape index (κ1) is 14.4. The van der Waals surface area contributed by atoms with Crippen LogP contribution < -0.4 is 0 Å². The molecule has 18 heavy (non-hydrogen) atoms. The number of aliphatic imine (C=N–C) groups is 1. The molecule has 0 amide bonds. The lowest BCUT2D eigenvalue weighted by molar-refractivity contribution is 0.585. The number of rotatable bonds is 2. The van der Waals surface area contributed by atoms with Crippen molar-refractivity contribution in [1.29, 1.82) is 0 Å². The molecule has 0 saturated carbocycles. The smallest absolute Gasteiger partial charge is 0.0531 e. The molecule has 0 bridgehead atoms. The van der Waals surface area contributed by atoms with Crippen LogP contribution in [0.3, 0.4) is 0 Å². The summed E-state index contributed by atoms with van der Waals surface area (Å²) >= 11 is 0. The van der Waals surface area contributed by atoms with Crippen molar-refractivity contribution in [2.24, 2.45) is 10.9 Å². The van der Waals surface area contributed by atoms with E-state index in [1.807, 2.05) is 25.3 Å². The molecule has 0 radical (unpaired) electrons. The monoisotopic (exact) mass is 241 g/mol. The molecule has 0 N–H and O–H groups in total. The fourth-order valence-corrected chi connectivity index (χ4v) is 1.60. The van der Waals surface area contributed by atoms with E-state index in [1.165, 1.54) is 5.57 Å². The Morgan fingerprint density at radius 2 is 2.00 bits per heavy atom. The highest BCUT2D eigenvalue weighted by molar-refractivity contribution is 5.73. The summed E-state index contributed by atoms with van der Waals surface area (Å²) < 4.78 is 0. The lowest BCUT2D eigenvalue weighted by atomic mass is 9.95. The molecule has 2 atom stereocenters. The lowest BCUT2D eigenvalue weighted by Crippen LogP contribution is -2.09. The van der Waals surface area contributed by atoms with Crippen LogP contribution in [0, 0.1) is 5.92 Å². The molecule has 0 aromatic heterocycles. The highest BCUT2D eigenvalue weighted by Gasteiger charge is 2.10. The van der Waals surface area contributed by atoms with E-state index in [4.69, 9.17) is 0 Å². The van der Waals surface area contributed by atoms with Crippen LogP contribution in [0.15, 0.2) is 64.7 Å². The van der Waals surface area contributed by atoms with Gasteiger partial charge in [0.05, 0.1) is 6.04 Å². The normalized spacial score (nSPS) is 29.9. The van der Waals surface area contributed by atoms with E-state index < -0.39 is 0 Å². The van der Waals surface area contributed by atoms with Crippen molar-refractivity contribution in [2.75, 3.05) is 0 Å². The van der Waals surface area contributed by atoms with Crippen LogP contribution in [0.4, 0.5) is 0 Å². The van der Waals surface area contributed by atoms with Gasteiger partial charge < -0.3 is 0 Å². The second-order valence-electron chi connectivity index (χ2n) is 5.01. The summed E-state index contributed by atoms with van der Waals surface area (Å²) in [5.41, 5.74) is 4.46. The van der Waals surface area contributed by atoms with E-state index in [2.05, 4.69) is 51.1 Å². The summed E-state index contributed by atoms with van der Waals surface area (Å²) in [5, 5.41) is 0. The lowest BCUT2D eigenvalue weighted by Gasteiger charge is -2.13. The third-order valence-electron chi connectivity index (χ3n) is 3.32. The third kappa shape index (κ3) is 3.99. The molecular weight excluding hydrogens is 218 g/mol. The van der Waals surface area contributed by atoms with Crippen LogP contribution in [-0.2, 0) is 0 Å². The van der Waals surface area contributed by atoms with Crippen LogP contribution in [0.5, 0.6) is 0 Å². The Morgan fingerprint density at radius 3 is 2.61 bits per heavy atom. The van der Waals surface area contributed by atoms with Gasteiger partial charge in [0.15, 0.2) is 0 Å². The zero-order valence-electron chi connectivity index (χ0n) is 11.9. The minimum atomic E-state index is 0.286. The Kier molecular flexibility index (Phi) is 5.08. The Bertz CT molecular complexity index is 458. The Labute approximate surface area is 111 Å². The van der Waals surface area contributed by atoms with Gasteiger partial charge in [-0.15, -0.1) is 0 Å². The van der Waals surface area contributed by atoms with Crippen LogP contribution in [0.25, 0.3) is 0 Å². The highest BCUT2D eigenvalue weighted by Crippen LogP contribution is 2.21. The molecule has 0 fully saturated rings. The van der Waals surface area contributed by atoms with Crippen molar-refractivity contribution in [3.8, 4) is 0 Å². The van der Waals surface area contributed by atoms with Crippen molar-refractivity contribution in [3.63, 3.8) is 0 Å². The van der Waals surface area contributed by atoms with Crippen molar-refractivity contribution in [3.05, 3.63) is 59.8 Å². The molecule has 1 heterocycles. The fraction of sp³-hybridized carbons (Fsp3) is 0.353. The average Bonchev–Trinajstić information content (AvgIpc) is 2.36. The summed E-state index contributed by atoms with van der Waals surface area (Å²) in [5.74, 6) is 0.391. The van der Waals surface area contributed by atoms with Gasteiger partial charge in [-0.1, -0.05) is 43.9 Å². The summed E-state index contributed by atoms with van der Waals surface area (Å²) in [6.45, 7) is 16.5. The molecule has 1 heteroatoms. The largest absolute Gasteiger partial charge is 0.290 e. The van der Waals surface area contributed by atoms with Gasteiger partial charge in [-0.2, -0.15) is 0 Å². The molecular formula is C17H23N. The molecule has 0 aromatic rings. The topological polar surface area (TPSA) is 12.4 Å². The molecule has 1 nitrogen and oxygen atoms in total. The first-order valence-electron chi connectivity index (χ1n) is 6.37. The zero-order chi connectivity index (χ0) is 13.7. The Balaban J connectivity index is 3.16. The molecule has 0 aromatic carbocycles. The molecule has 0 saturated heterocycles. The molecule has 2 unspecified atom stereocenters. The molecule has 1 aliphatic rings. The predicted molar refractivity (Wildman–Crippen MR) is 82.1 cm³/mol. The average molecular weight is 241 g/mol. The van der Waals surface area contributed by atoms with Gasteiger partial charge in [0.1, 0.15) is 0 Å². The van der Waals surface area contributed by atoms with Gasteiger partial charge in [-0.25, -0.2) is 0 Å². The Hall–Kier alpha value is -1.63. The van der Waals surface area contributed by atoms with Crippen molar-refractivity contribution >= 4 is 6.21 Å². The van der Waals surface area contributed by atoms with Crippen molar-refractivity contribution < 1.29 is 0 Å². The second-order valence-corrected chi connectivity index (χ2v) is 5.01. The summed E-state index contributed by atoms with van der Waals surface area (Å²) in [6.07, 6.45) is 10.2. The van der Waals surface area contributed by atoms with Gasteiger partial charge in [-0.05, 0) is 49.5 Å². The first-order chi connectivity index (χ1) is 8.41. The maximum absolute atomic E-state index is 4.47. The van der Waals surface area contributed by atoms with Gasteiger partial charge >= 0.3 is 0 Å². The quantitative estimate of drug-likeness (QED) is 0.624. The van der Waals surface area contributed by atoms with E-state index in [9.17, 15) is 0 Å². The molecule has 96 valence electrons. The van der Waals surface area contributed by atoms with E-state index in [0.29, 0.717) is 5.92 Å². The van der Waals surface area contributed by atoms with Gasteiger partial charge in [-0.3, -0.25) is 4.99 Å². The van der Waals surface area contributed by atoms with E-state index in [-0.39, 0.29) is 6.04 Å².